The van der Waals surface area contributed by atoms with E-state index in [-0.39, 0.29) is 11.8 Å². The zero-order valence-corrected chi connectivity index (χ0v) is 13.2. The number of carbonyl (C=O) groups excluding carboxylic acids is 1. The van der Waals surface area contributed by atoms with E-state index in [4.69, 9.17) is 0 Å². The van der Waals surface area contributed by atoms with Crippen LogP contribution in [0, 0.1) is 17.8 Å². The van der Waals surface area contributed by atoms with Crippen LogP contribution in [-0.4, -0.2) is 43.1 Å². The number of carbonyl (C=O) groups is 1. The van der Waals surface area contributed by atoms with E-state index in [0.717, 1.165) is 7.11 Å². The smallest absolute Gasteiger partial charge is 0.404 e. The first-order chi connectivity index (χ1) is 9.59. The van der Waals surface area contributed by atoms with Gasteiger partial charge in [0.25, 0.3) is 0 Å². The molecular weight excluding hydrogens is 287 g/mol. The van der Waals surface area contributed by atoms with Gasteiger partial charge >= 0.3 is 12.1 Å². The lowest BCUT2D eigenvalue weighted by Gasteiger charge is -2.35. The van der Waals surface area contributed by atoms with E-state index in [1.54, 1.807) is 27.7 Å². The van der Waals surface area contributed by atoms with Crippen LogP contribution >= 0.6 is 0 Å². The van der Waals surface area contributed by atoms with Gasteiger partial charge in [-0.15, -0.1) is 0 Å². The Hall–Kier alpha value is -0.820. The van der Waals surface area contributed by atoms with Gasteiger partial charge in [-0.3, -0.25) is 10.1 Å². The molecule has 126 valence electrons. The monoisotopic (exact) mass is 313 g/mol. The quantitative estimate of drug-likeness (QED) is 0.676. The van der Waals surface area contributed by atoms with E-state index in [1.165, 1.54) is 0 Å². The maximum Gasteiger partial charge on any atom is 0.404 e. The summed E-state index contributed by atoms with van der Waals surface area (Å²) in [7, 11) is 1.15. The van der Waals surface area contributed by atoms with Crippen LogP contribution in [0.3, 0.4) is 0 Å². The molecule has 0 fully saturated rings. The molecule has 0 saturated carbocycles. The number of esters is 1. The summed E-state index contributed by atoms with van der Waals surface area (Å²) >= 11 is 0. The third-order valence-corrected chi connectivity index (χ3v) is 3.88. The highest BCUT2D eigenvalue weighted by Gasteiger charge is 2.47. The number of hydrogen-bond donors (Lipinski definition) is 2. The molecule has 4 nitrogen and oxygen atoms in total. The van der Waals surface area contributed by atoms with Crippen LogP contribution in [0.2, 0.25) is 0 Å². The standard InChI is InChI=1S/C14H26F3NO3/c1-6-9(4)11(13(20)21-5)18-12(14(15,16)17)10(7-19)8(2)3/h8-12,18-19H,6-7H2,1-5H3/t9-,10-,11-,12-/m0/s1. The van der Waals surface area contributed by atoms with Crippen molar-refractivity contribution in [1.29, 1.82) is 0 Å². The van der Waals surface area contributed by atoms with Crippen molar-refractivity contribution in [3.8, 4) is 0 Å². The van der Waals surface area contributed by atoms with Crippen molar-refractivity contribution in [3.63, 3.8) is 0 Å². The van der Waals surface area contributed by atoms with Crippen LogP contribution in [0.1, 0.15) is 34.1 Å². The van der Waals surface area contributed by atoms with Gasteiger partial charge in [0.2, 0.25) is 0 Å². The SMILES string of the molecule is CC[C@H](C)[C@H](N[C@@H]([C@@H](CO)C(C)C)C(F)(F)F)C(=O)OC. The third kappa shape index (κ3) is 5.82. The molecule has 4 atom stereocenters. The number of aliphatic hydroxyl groups is 1. The molecule has 0 aliphatic rings. The van der Waals surface area contributed by atoms with Gasteiger partial charge in [-0.05, 0) is 11.8 Å². The Kier molecular flexibility index (Phi) is 8.25. The zero-order chi connectivity index (χ0) is 16.8. The second-order valence-corrected chi connectivity index (χ2v) is 5.66. The van der Waals surface area contributed by atoms with Gasteiger partial charge in [-0.2, -0.15) is 13.2 Å². The van der Waals surface area contributed by atoms with Crippen LogP contribution in [0.5, 0.6) is 0 Å². The average molecular weight is 313 g/mol. The number of nitrogens with one attached hydrogen (secondary N) is 1. The summed E-state index contributed by atoms with van der Waals surface area (Å²) < 4.78 is 44.5. The predicted octanol–water partition coefficient (Wildman–Crippen LogP) is 2.36. The molecule has 7 heteroatoms. The van der Waals surface area contributed by atoms with Gasteiger partial charge in [-0.1, -0.05) is 34.1 Å². The summed E-state index contributed by atoms with van der Waals surface area (Å²) in [5.41, 5.74) is 0. The Labute approximate surface area is 124 Å². The largest absolute Gasteiger partial charge is 0.468 e. The molecular formula is C14H26F3NO3. The Bertz CT molecular complexity index is 321. The number of hydrogen-bond acceptors (Lipinski definition) is 4. The van der Waals surface area contributed by atoms with Gasteiger partial charge in [0, 0.05) is 12.5 Å². The first-order valence-corrected chi connectivity index (χ1v) is 7.11. The molecule has 0 aromatic rings. The first kappa shape index (κ1) is 20.2. The Morgan fingerprint density at radius 3 is 2.10 bits per heavy atom. The molecule has 0 saturated heterocycles. The van der Waals surface area contributed by atoms with Crippen LogP contribution in [0.25, 0.3) is 0 Å². The molecule has 0 heterocycles. The highest BCUT2D eigenvalue weighted by molar-refractivity contribution is 5.76. The number of alkyl halides is 3. The Morgan fingerprint density at radius 2 is 1.81 bits per heavy atom. The highest BCUT2D eigenvalue weighted by Crippen LogP contribution is 2.31. The second-order valence-electron chi connectivity index (χ2n) is 5.66. The maximum atomic E-state index is 13.3. The molecule has 0 bridgehead atoms. The maximum absolute atomic E-state index is 13.3. The van der Waals surface area contributed by atoms with Gasteiger partial charge in [0.1, 0.15) is 12.1 Å². The van der Waals surface area contributed by atoms with Gasteiger partial charge in [0.15, 0.2) is 0 Å². The molecule has 0 aromatic carbocycles. The summed E-state index contributed by atoms with van der Waals surface area (Å²) in [6.45, 7) is 6.08. The van der Waals surface area contributed by atoms with Crippen molar-refractivity contribution in [1.82, 2.24) is 5.32 Å². The molecule has 2 N–H and O–H groups in total. The Morgan fingerprint density at radius 1 is 1.29 bits per heavy atom. The average Bonchev–Trinajstić information content (AvgIpc) is 2.39. The van der Waals surface area contributed by atoms with Gasteiger partial charge in [-0.25, -0.2) is 0 Å². The van der Waals surface area contributed by atoms with E-state index in [2.05, 4.69) is 10.1 Å². The number of ether oxygens (including phenoxy) is 1. The number of aliphatic hydroxyl groups excluding tert-OH is 1. The lowest BCUT2D eigenvalue weighted by atomic mass is 9.87. The summed E-state index contributed by atoms with van der Waals surface area (Å²) in [5.74, 6) is -2.45. The number of halogens is 3. The van der Waals surface area contributed by atoms with Crippen molar-refractivity contribution < 1.29 is 27.8 Å². The summed E-state index contributed by atoms with van der Waals surface area (Å²) in [5, 5.41) is 11.6. The molecule has 0 rings (SSSR count). The number of methoxy groups -OCH3 is 1. The third-order valence-electron chi connectivity index (χ3n) is 3.88. The second kappa shape index (κ2) is 8.58. The van der Waals surface area contributed by atoms with E-state index < -0.39 is 36.8 Å². The van der Waals surface area contributed by atoms with Crippen LogP contribution in [0.4, 0.5) is 13.2 Å². The van der Waals surface area contributed by atoms with Crippen molar-refractivity contribution in [2.75, 3.05) is 13.7 Å². The van der Waals surface area contributed by atoms with Crippen LogP contribution in [0.15, 0.2) is 0 Å². The first-order valence-electron chi connectivity index (χ1n) is 7.11. The van der Waals surface area contributed by atoms with Gasteiger partial charge < -0.3 is 9.84 Å². The highest BCUT2D eigenvalue weighted by atomic mass is 19.4. The minimum atomic E-state index is -4.56. The molecule has 0 aliphatic carbocycles. The van der Waals surface area contributed by atoms with Gasteiger partial charge in [0.05, 0.1) is 7.11 Å². The summed E-state index contributed by atoms with van der Waals surface area (Å²) in [6.07, 6.45) is -4.03. The zero-order valence-electron chi connectivity index (χ0n) is 13.2. The van der Waals surface area contributed by atoms with Crippen LogP contribution in [-0.2, 0) is 9.53 Å². The fourth-order valence-corrected chi connectivity index (χ4v) is 2.18. The summed E-state index contributed by atoms with van der Waals surface area (Å²) in [6, 6.07) is -3.01. The van der Waals surface area contributed by atoms with E-state index >= 15 is 0 Å². The van der Waals surface area contributed by atoms with E-state index in [1.807, 2.05) is 0 Å². The van der Waals surface area contributed by atoms with E-state index in [0.29, 0.717) is 6.42 Å². The summed E-state index contributed by atoms with van der Waals surface area (Å²) in [4.78, 5) is 11.7. The van der Waals surface area contributed by atoms with Crippen molar-refractivity contribution >= 4 is 5.97 Å². The van der Waals surface area contributed by atoms with E-state index in [9.17, 15) is 23.1 Å². The molecule has 0 aliphatic heterocycles. The normalized spacial score (nSPS) is 18.2. The molecule has 0 aromatic heterocycles. The Balaban J connectivity index is 5.38. The number of rotatable bonds is 8. The molecule has 0 radical (unpaired) electrons. The van der Waals surface area contributed by atoms with Crippen molar-refractivity contribution in [2.45, 2.75) is 52.4 Å². The lowest BCUT2D eigenvalue weighted by molar-refractivity contribution is -0.180. The lowest BCUT2D eigenvalue weighted by Crippen LogP contribution is -2.57. The molecule has 0 amide bonds. The van der Waals surface area contributed by atoms with Crippen molar-refractivity contribution in [3.05, 3.63) is 0 Å². The van der Waals surface area contributed by atoms with Crippen molar-refractivity contribution in [2.24, 2.45) is 17.8 Å². The fraction of sp³-hybridized carbons (Fsp3) is 0.929. The van der Waals surface area contributed by atoms with Crippen LogP contribution < -0.4 is 5.32 Å². The molecule has 21 heavy (non-hydrogen) atoms. The topological polar surface area (TPSA) is 58.6 Å². The minimum Gasteiger partial charge on any atom is -0.468 e. The fourth-order valence-electron chi connectivity index (χ4n) is 2.18. The predicted molar refractivity (Wildman–Crippen MR) is 73.7 cm³/mol. The minimum absolute atomic E-state index is 0.311. The molecule has 0 spiro atoms. The molecule has 0 unspecified atom stereocenters.